The van der Waals surface area contributed by atoms with Crippen molar-refractivity contribution < 1.29 is 14.6 Å². The SMILES string of the molecule is COc1ccc(CS)cc1C(=O)O. The Bertz CT molecular complexity index is 323. The summed E-state index contributed by atoms with van der Waals surface area (Å²) < 4.78 is 4.90. The fourth-order valence-corrected chi connectivity index (χ4v) is 1.22. The van der Waals surface area contributed by atoms with Crippen molar-refractivity contribution >= 4 is 18.6 Å². The molecule has 0 aliphatic rings. The number of aromatic carboxylic acids is 1. The minimum absolute atomic E-state index is 0.175. The second-order valence-electron chi connectivity index (χ2n) is 2.50. The molecule has 1 aromatic rings. The molecule has 1 rings (SSSR count). The van der Waals surface area contributed by atoms with Crippen LogP contribution in [0.15, 0.2) is 18.2 Å². The van der Waals surface area contributed by atoms with Gasteiger partial charge in [-0.25, -0.2) is 4.79 Å². The molecule has 0 aromatic heterocycles. The third kappa shape index (κ3) is 2.15. The molecule has 0 heterocycles. The molecule has 4 heteroatoms. The third-order valence-corrected chi connectivity index (χ3v) is 2.04. The molecule has 0 spiro atoms. The van der Waals surface area contributed by atoms with E-state index in [9.17, 15) is 4.79 Å². The molecule has 0 saturated carbocycles. The van der Waals surface area contributed by atoms with Crippen molar-refractivity contribution in [2.75, 3.05) is 7.11 Å². The monoisotopic (exact) mass is 198 g/mol. The summed E-state index contributed by atoms with van der Waals surface area (Å²) in [5.74, 6) is -0.0944. The Balaban J connectivity index is 3.18. The average molecular weight is 198 g/mol. The molecular formula is C9H10O3S. The molecule has 0 fully saturated rings. The van der Waals surface area contributed by atoms with Crippen molar-refractivity contribution in [3.63, 3.8) is 0 Å². The van der Waals surface area contributed by atoms with Crippen molar-refractivity contribution in [2.45, 2.75) is 5.75 Å². The van der Waals surface area contributed by atoms with E-state index in [2.05, 4.69) is 12.6 Å². The molecule has 0 saturated heterocycles. The largest absolute Gasteiger partial charge is 0.496 e. The van der Waals surface area contributed by atoms with E-state index >= 15 is 0 Å². The van der Waals surface area contributed by atoms with Gasteiger partial charge in [0.15, 0.2) is 0 Å². The number of methoxy groups -OCH3 is 1. The Morgan fingerprint density at radius 2 is 2.31 bits per heavy atom. The fourth-order valence-electron chi connectivity index (χ4n) is 1.02. The first kappa shape index (κ1) is 9.92. The van der Waals surface area contributed by atoms with Crippen LogP contribution in [0.2, 0.25) is 0 Å². The highest BCUT2D eigenvalue weighted by atomic mass is 32.1. The van der Waals surface area contributed by atoms with Gasteiger partial charge in [0, 0.05) is 5.75 Å². The van der Waals surface area contributed by atoms with E-state index in [0.717, 1.165) is 5.56 Å². The molecule has 3 nitrogen and oxygen atoms in total. The minimum Gasteiger partial charge on any atom is -0.496 e. The first-order valence-electron chi connectivity index (χ1n) is 3.70. The smallest absolute Gasteiger partial charge is 0.339 e. The van der Waals surface area contributed by atoms with E-state index in [1.54, 1.807) is 18.2 Å². The maximum atomic E-state index is 10.7. The summed E-state index contributed by atoms with van der Waals surface area (Å²) in [6.07, 6.45) is 0. The summed E-state index contributed by atoms with van der Waals surface area (Å²) in [5.41, 5.74) is 1.04. The Kier molecular flexibility index (Phi) is 3.19. The molecule has 0 radical (unpaired) electrons. The van der Waals surface area contributed by atoms with Gasteiger partial charge in [-0.1, -0.05) is 6.07 Å². The highest BCUT2D eigenvalue weighted by Gasteiger charge is 2.10. The van der Waals surface area contributed by atoms with E-state index in [-0.39, 0.29) is 5.56 Å². The summed E-state index contributed by atoms with van der Waals surface area (Å²) in [6.45, 7) is 0. The zero-order valence-corrected chi connectivity index (χ0v) is 8.04. The van der Waals surface area contributed by atoms with Crippen LogP contribution in [0.5, 0.6) is 5.75 Å². The molecule has 0 aliphatic heterocycles. The van der Waals surface area contributed by atoms with Crippen molar-refractivity contribution in [3.8, 4) is 5.75 Å². The van der Waals surface area contributed by atoms with Gasteiger partial charge in [-0.05, 0) is 17.7 Å². The van der Waals surface area contributed by atoms with Crippen molar-refractivity contribution in [3.05, 3.63) is 29.3 Å². The Hall–Kier alpha value is -1.16. The molecule has 0 aliphatic carbocycles. The Labute approximate surface area is 81.8 Å². The van der Waals surface area contributed by atoms with Crippen LogP contribution < -0.4 is 4.74 Å². The van der Waals surface area contributed by atoms with Crippen LogP contribution in [0.25, 0.3) is 0 Å². The summed E-state index contributed by atoms with van der Waals surface area (Å²) in [7, 11) is 1.45. The molecule has 1 aromatic carbocycles. The molecule has 70 valence electrons. The van der Waals surface area contributed by atoms with Gasteiger partial charge in [0.25, 0.3) is 0 Å². The zero-order valence-electron chi connectivity index (χ0n) is 7.15. The van der Waals surface area contributed by atoms with E-state index in [4.69, 9.17) is 9.84 Å². The second kappa shape index (κ2) is 4.18. The van der Waals surface area contributed by atoms with E-state index in [1.165, 1.54) is 7.11 Å². The predicted molar refractivity (Wildman–Crippen MR) is 52.6 cm³/mol. The predicted octanol–water partition coefficient (Wildman–Crippen LogP) is 1.82. The maximum absolute atomic E-state index is 10.7. The number of benzene rings is 1. The van der Waals surface area contributed by atoms with Crippen molar-refractivity contribution in [2.24, 2.45) is 0 Å². The standard InChI is InChI=1S/C9H10O3S/c1-12-8-3-2-6(5-13)4-7(8)9(10)11/h2-4,13H,5H2,1H3,(H,10,11). The third-order valence-electron chi connectivity index (χ3n) is 1.68. The normalized spacial score (nSPS) is 9.69. The topological polar surface area (TPSA) is 46.5 Å². The minimum atomic E-state index is -0.986. The van der Waals surface area contributed by atoms with Gasteiger partial charge in [0.05, 0.1) is 7.11 Å². The molecule has 0 unspecified atom stereocenters. The van der Waals surface area contributed by atoms with Gasteiger partial charge < -0.3 is 9.84 Å². The van der Waals surface area contributed by atoms with Gasteiger partial charge in [-0.3, -0.25) is 0 Å². The summed E-state index contributed by atoms with van der Waals surface area (Å²) >= 11 is 4.06. The van der Waals surface area contributed by atoms with Gasteiger partial charge in [-0.2, -0.15) is 12.6 Å². The van der Waals surface area contributed by atoms with Crippen LogP contribution in [0.3, 0.4) is 0 Å². The van der Waals surface area contributed by atoms with Crippen molar-refractivity contribution in [1.82, 2.24) is 0 Å². The summed E-state index contributed by atoms with van der Waals surface area (Å²) in [5, 5.41) is 8.81. The second-order valence-corrected chi connectivity index (χ2v) is 2.81. The Morgan fingerprint density at radius 3 is 2.77 bits per heavy atom. The lowest BCUT2D eigenvalue weighted by molar-refractivity contribution is 0.0693. The number of hydrogen-bond acceptors (Lipinski definition) is 3. The lowest BCUT2D eigenvalue weighted by Crippen LogP contribution is -2.01. The number of carboxylic acid groups (broad SMARTS) is 1. The van der Waals surface area contributed by atoms with Gasteiger partial charge in [-0.15, -0.1) is 0 Å². The lowest BCUT2D eigenvalue weighted by atomic mass is 10.1. The van der Waals surface area contributed by atoms with Crippen LogP contribution in [-0.4, -0.2) is 18.2 Å². The van der Waals surface area contributed by atoms with E-state index in [1.807, 2.05) is 0 Å². The first-order chi connectivity index (χ1) is 6.19. The highest BCUT2D eigenvalue weighted by Crippen LogP contribution is 2.20. The molecule has 0 amide bonds. The van der Waals surface area contributed by atoms with Crippen LogP contribution in [0.4, 0.5) is 0 Å². The average Bonchev–Trinajstić information content (AvgIpc) is 2.16. The van der Waals surface area contributed by atoms with Gasteiger partial charge in [0.2, 0.25) is 0 Å². The number of thiol groups is 1. The number of carbonyl (C=O) groups is 1. The van der Waals surface area contributed by atoms with Gasteiger partial charge in [0.1, 0.15) is 11.3 Å². The maximum Gasteiger partial charge on any atom is 0.339 e. The number of rotatable bonds is 3. The number of hydrogen-bond donors (Lipinski definition) is 2. The fraction of sp³-hybridized carbons (Fsp3) is 0.222. The number of ether oxygens (including phenoxy) is 1. The van der Waals surface area contributed by atoms with Crippen LogP contribution >= 0.6 is 12.6 Å². The van der Waals surface area contributed by atoms with Crippen LogP contribution in [0, 0.1) is 0 Å². The van der Waals surface area contributed by atoms with Crippen LogP contribution in [-0.2, 0) is 5.75 Å². The summed E-state index contributed by atoms with van der Waals surface area (Å²) in [4.78, 5) is 10.7. The van der Waals surface area contributed by atoms with Crippen molar-refractivity contribution in [1.29, 1.82) is 0 Å². The molecular weight excluding hydrogens is 188 g/mol. The zero-order chi connectivity index (χ0) is 9.84. The Morgan fingerprint density at radius 1 is 1.62 bits per heavy atom. The molecule has 0 bridgehead atoms. The lowest BCUT2D eigenvalue weighted by Gasteiger charge is -2.05. The molecule has 1 N–H and O–H groups in total. The molecule has 13 heavy (non-hydrogen) atoms. The van der Waals surface area contributed by atoms with Crippen LogP contribution in [0.1, 0.15) is 15.9 Å². The van der Waals surface area contributed by atoms with E-state index < -0.39 is 5.97 Å². The highest BCUT2D eigenvalue weighted by molar-refractivity contribution is 7.79. The first-order valence-corrected chi connectivity index (χ1v) is 4.33. The summed E-state index contributed by atoms with van der Waals surface area (Å²) in [6, 6.07) is 4.99. The quantitative estimate of drug-likeness (QED) is 0.728. The van der Waals surface area contributed by atoms with Gasteiger partial charge >= 0.3 is 5.97 Å². The molecule has 0 atom stereocenters. The van der Waals surface area contributed by atoms with E-state index in [0.29, 0.717) is 11.5 Å². The number of carboxylic acids is 1.